The molecule has 0 unspecified atom stereocenters. The number of methoxy groups -OCH3 is 1. The van der Waals surface area contributed by atoms with Gasteiger partial charge in [0, 0.05) is 12.6 Å². The zero-order valence-electron chi connectivity index (χ0n) is 5.68. The zero-order valence-corrected chi connectivity index (χ0v) is 5.68. The first-order valence-corrected chi connectivity index (χ1v) is 2.75. The van der Waals surface area contributed by atoms with Gasteiger partial charge < -0.3 is 15.8 Å². The molecular formula is C5H12N2O2. The molecule has 4 nitrogen and oxygen atoms in total. The molecule has 3 N–H and O–H groups in total. The van der Waals surface area contributed by atoms with Gasteiger partial charge in [-0.15, -0.1) is 0 Å². The number of carbonyl (C=O) groups excluding carboxylic acids is 1. The van der Waals surface area contributed by atoms with Crippen LogP contribution in [-0.2, 0) is 4.74 Å². The number of carbonyl (C=O) groups is 1. The van der Waals surface area contributed by atoms with E-state index in [0.29, 0.717) is 6.54 Å². The Morgan fingerprint density at radius 1 is 1.89 bits per heavy atom. The van der Waals surface area contributed by atoms with Gasteiger partial charge in [0.05, 0.1) is 7.11 Å². The van der Waals surface area contributed by atoms with Crippen LogP contribution in [-0.4, -0.2) is 25.8 Å². The van der Waals surface area contributed by atoms with E-state index in [4.69, 9.17) is 5.73 Å². The van der Waals surface area contributed by atoms with Crippen LogP contribution in [0.5, 0.6) is 0 Å². The van der Waals surface area contributed by atoms with Crippen molar-refractivity contribution in [2.75, 3.05) is 13.7 Å². The van der Waals surface area contributed by atoms with Gasteiger partial charge in [0.1, 0.15) is 0 Å². The normalized spacial score (nSPS) is 12.3. The molecule has 9 heavy (non-hydrogen) atoms. The van der Waals surface area contributed by atoms with E-state index in [9.17, 15) is 4.79 Å². The summed E-state index contributed by atoms with van der Waals surface area (Å²) in [6.07, 6.45) is -0.437. The molecule has 0 aromatic heterocycles. The van der Waals surface area contributed by atoms with Gasteiger partial charge in [-0.25, -0.2) is 4.79 Å². The molecule has 0 fully saturated rings. The monoisotopic (exact) mass is 132 g/mol. The van der Waals surface area contributed by atoms with E-state index in [-0.39, 0.29) is 6.04 Å². The van der Waals surface area contributed by atoms with E-state index in [2.05, 4.69) is 10.1 Å². The largest absolute Gasteiger partial charge is 0.453 e. The van der Waals surface area contributed by atoms with Crippen LogP contribution in [0.15, 0.2) is 0 Å². The molecule has 54 valence electrons. The number of alkyl carbamates (subject to hydrolysis) is 1. The molecule has 0 aromatic carbocycles. The molecule has 0 spiro atoms. The SMILES string of the molecule is COC(=O)N[C@@H](C)CN. The standard InChI is InChI=1S/C5H12N2O2/c1-4(3-6)7-5(8)9-2/h4H,3,6H2,1-2H3,(H,7,8)/t4-/m0/s1. The predicted molar refractivity (Wildman–Crippen MR) is 34.1 cm³/mol. The number of amides is 1. The smallest absolute Gasteiger partial charge is 0.407 e. The molecule has 1 atom stereocenters. The maximum absolute atomic E-state index is 10.4. The zero-order chi connectivity index (χ0) is 7.28. The average molecular weight is 132 g/mol. The molecule has 0 saturated heterocycles. The van der Waals surface area contributed by atoms with Crippen LogP contribution in [0, 0.1) is 0 Å². The number of hydrogen-bond acceptors (Lipinski definition) is 3. The first-order chi connectivity index (χ1) is 4.20. The first kappa shape index (κ1) is 8.23. The number of nitrogens with two attached hydrogens (primary N) is 1. The summed E-state index contributed by atoms with van der Waals surface area (Å²) in [5, 5.41) is 2.49. The highest BCUT2D eigenvalue weighted by atomic mass is 16.5. The third kappa shape index (κ3) is 3.78. The van der Waals surface area contributed by atoms with Crippen LogP contribution in [0.25, 0.3) is 0 Å². The van der Waals surface area contributed by atoms with Crippen molar-refractivity contribution in [2.45, 2.75) is 13.0 Å². The highest BCUT2D eigenvalue weighted by molar-refractivity contribution is 5.67. The van der Waals surface area contributed by atoms with Gasteiger partial charge in [-0.1, -0.05) is 0 Å². The van der Waals surface area contributed by atoms with Gasteiger partial charge in [-0.3, -0.25) is 0 Å². The van der Waals surface area contributed by atoms with Crippen LogP contribution < -0.4 is 11.1 Å². The molecule has 0 heterocycles. The van der Waals surface area contributed by atoms with Gasteiger partial charge >= 0.3 is 6.09 Å². The number of nitrogens with one attached hydrogen (secondary N) is 1. The lowest BCUT2D eigenvalue weighted by Gasteiger charge is -2.08. The summed E-state index contributed by atoms with van der Waals surface area (Å²) in [5.74, 6) is 0. The molecule has 0 aliphatic heterocycles. The highest BCUT2D eigenvalue weighted by Gasteiger charge is 2.02. The van der Waals surface area contributed by atoms with Crippen molar-refractivity contribution >= 4 is 6.09 Å². The van der Waals surface area contributed by atoms with E-state index >= 15 is 0 Å². The van der Waals surface area contributed by atoms with E-state index in [1.807, 2.05) is 0 Å². The third-order valence-electron chi connectivity index (χ3n) is 0.903. The van der Waals surface area contributed by atoms with Crippen LogP contribution in [0.4, 0.5) is 4.79 Å². The van der Waals surface area contributed by atoms with E-state index in [1.165, 1.54) is 7.11 Å². The Morgan fingerprint density at radius 2 is 2.44 bits per heavy atom. The summed E-state index contributed by atoms with van der Waals surface area (Å²) in [6.45, 7) is 2.23. The third-order valence-corrected chi connectivity index (χ3v) is 0.903. The Kier molecular flexibility index (Phi) is 3.79. The predicted octanol–water partition coefficient (Wildman–Crippen LogP) is -0.310. The Bertz CT molecular complexity index is 95.0. The van der Waals surface area contributed by atoms with E-state index in [0.717, 1.165) is 0 Å². The van der Waals surface area contributed by atoms with Crippen molar-refractivity contribution in [2.24, 2.45) is 5.73 Å². The molecule has 4 heteroatoms. The van der Waals surface area contributed by atoms with Crippen molar-refractivity contribution < 1.29 is 9.53 Å². The molecule has 0 rings (SSSR count). The number of hydrogen-bond donors (Lipinski definition) is 2. The Labute approximate surface area is 54.4 Å². The Morgan fingerprint density at radius 3 is 2.78 bits per heavy atom. The van der Waals surface area contributed by atoms with Crippen molar-refractivity contribution in [3.63, 3.8) is 0 Å². The summed E-state index contributed by atoms with van der Waals surface area (Å²) >= 11 is 0. The summed E-state index contributed by atoms with van der Waals surface area (Å²) in [6, 6.07) is -0.0163. The minimum absolute atomic E-state index is 0.0163. The van der Waals surface area contributed by atoms with Gasteiger partial charge in [-0.05, 0) is 6.92 Å². The van der Waals surface area contributed by atoms with Crippen molar-refractivity contribution in [1.29, 1.82) is 0 Å². The Hall–Kier alpha value is -0.770. The highest BCUT2D eigenvalue weighted by Crippen LogP contribution is 1.77. The van der Waals surface area contributed by atoms with Crippen molar-refractivity contribution in [3.05, 3.63) is 0 Å². The number of rotatable bonds is 2. The fourth-order valence-electron chi connectivity index (χ4n) is 0.319. The maximum Gasteiger partial charge on any atom is 0.407 e. The molecule has 0 bridgehead atoms. The van der Waals surface area contributed by atoms with E-state index < -0.39 is 6.09 Å². The lowest BCUT2D eigenvalue weighted by atomic mass is 10.3. The minimum atomic E-state index is -0.437. The van der Waals surface area contributed by atoms with Gasteiger partial charge in [0.15, 0.2) is 0 Å². The van der Waals surface area contributed by atoms with Crippen LogP contribution >= 0.6 is 0 Å². The van der Waals surface area contributed by atoms with Gasteiger partial charge in [0.2, 0.25) is 0 Å². The fourth-order valence-corrected chi connectivity index (χ4v) is 0.319. The lowest BCUT2D eigenvalue weighted by Crippen LogP contribution is -2.37. The topological polar surface area (TPSA) is 64.3 Å². The molecule has 0 aliphatic carbocycles. The van der Waals surface area contributed by atoms with Crippen LogP contribution in [0.3, 0.4) is 0 Å². The second-order valence-corrected chi connectivity index (χ2v) is 1.77. The molecule has 0 radical (unpaired) electrons. The molecular weight excluding hydrogens is 120 g/mol. The number of ether oxygens (including phenoxy) is 1. The summed E-state index contributed by atoms with van der Waals surface area (Å²) in [7, 11) is 1.32. The lowest BCUT2D eigenvalue weighted by molar-refractivity contribution is 0.167. The van der Waals surface area contributed by atoms with Gasteiger partial charge in [0.25, 0.3) is 0 Å². The van der Waals surface area contributed by atoms with Gasteiger partial charge in [-0.2, -0.15) is 0 Å². The van der Waals surface area contributed by atoms with Crippen LogP contribution in [0.2, 0.25) is 0 Å². The molecule has 0 saturated carbocycles. The minimum Gasteiger partial charge on any atom is -0.453 e. The molecule has 0 aromatic rings. The fraction of sp³-hybridized carbons (Fsp3) is 0.800. The summed E-state index contributed by atoms with van der Waals surface area (Å²) in [4.78, 5) is 10.4. The van der Waals surface area contributed by atoms with Crippen molar-refractivity contribution in [1.82, 2.24) is 5.32 Å². The first-order valence-electron chi connectivity index (χ1n) is 2.75. The van der Waals surface area contributed by atoms with Crippen molar-refractivity contribution in [3.8, 4) is 0 Å². The summed E-state index contributed by atoms with van der Waals surface area (Å²) in [5.41, 5.74) is 5.20. The maximum atomic E-state index is 10.4. The van der Waals surface area contributed by atoms with E-state index in [1.54, 1.807) is 6.92 Å². The Balaban J connectivity index is 3.34. The summed E-state index contributed by atoms with van der Waals surface area (Å²) < 4.78 is 4.32. The second kappa shape index (κ2) is 4.14. The molecule has 1 amide bonds. The quantitative estimate of drug-likeness (QED) is 0.541. The van der Waals surface area contributed by atoms with Crippen LogP contribution in [0.1, 0.15) is 6.92 Å². The average Bonchev–Trinajstić information content (AvgIpc) is 1.87. The molecule has 0 aliphatic rings. The second-order valence-electron chi connectivity index (χ2n) is 1.77.